The van der Waals surface area contributed by atoms with Crippen LogP contribution in [0, 0.1) is 0 Å². The summed E-state index contributed by atoms with van der Waals surface area (Å²) in [7, 11) is 1.67. The monoisotopic (exact) mass is 396 g/mol. The van der Waals surface area contributed by atoms with E-state index in [-0.39, 0.29) is 0 Å². The second-order valence-electron chi connectivity index (χ2n) is 7.19. The van der Waals surface area contributed by atoms with Gasteiger partial charge in [0, 0.05) is 51.1 Å². The molecular formula is C21H28N6O2. The fourth-order valence-corrected chi connectivity index (χ4v) is 3.66. The summed E-state index contributed by atoms with van der Waals surface area (Å²) in [6.45, 7) is 7.96. The molecule has 1 N–H and O–H groups in total. The summed E-state index contributed by atoms with van der Waals surface area (Å²) in [5, 5.41) is 0. The van der Waals surface area contributed by atoms with E-state index < -0.39 is 0 Å². The van der Waals surface area contributed by atoms with Crippen LogP contribution in [0.4, 0.5) is 5.82 Å². The third-order valence-corrected chi connectivity index (χ3v) is 5.25. The van der Waals surface area contributed by atoms with Crippen molar-refractivity contribution in [1.29, 1.82) is 0 Å². The van der Waals surface area contributed by atoms with Gasteiger partial charge in [-0.1, -0.05) is 6.92 Å². The lowest BCUT2D eigenvalue weighted by Crippen LogP contribution is -2.46. The number of H-pyrrole nitrogens is 1. The van der Waals surface area contributed by atoms with Crippen LogP contribution >= 0.6 is 0 Å². The zero-order valence-corrected chi connectivity index (χ0v) is 17.1. The Balaban J connectivity index is 1.36. The fourth-order valence-electron chi connectivity index (χ4n) is 3.66. The molecule has 0 saturated carbocycles. The van der Waals surface area contributed by atoms with E-state index >= 15 is 0 Å². The molecule has 1 saturated heterocycles. The highest BCUT2D eigenvalue weighted by Crippen LogP contribution is 2.21. The third-order valence-electron chi connectivity index (χ3n) is 5.25. The van der Waals surface area contributed by atoms with Crippen molar-refractivity contribution in [3.05, 3.63) is 42.1 Å². The summed E-state index contributed by atoms with van der Waals surface area (Å²) >= 11 is 0. The number of nitrogens with zero attached hydrogens (tertiary/aromatic N) is 5. The molecule has 0 aliphatic carbocycles. The van der Waals surface area contributed by atoms with Crippen LogP contribution in [0.25, 0.3) is 11.0 Å². The lowest BCUT2D eigenvalue weighted by atomic mass is 10.2. The summed E-state index contributed by atoms with van der Waals surface area (Å²) in [4.78, 5) is 21.6. The fraction of sp³-hybridized carbons (Fsp3) is 0.476. The number of benzene rings is 1. The Bertz CT molecular complexity index is 936. The summed E-state index contributed by atoms with van der Waals surface area (Å²) in [6, 6.07) is 5.95. The van der Waals surface area contributed by atoms with Gasteiger partial charge in [0.05, 0.1) is 24.2 Å². The molecule has 0 atom stereocenters. The number of nitrogens with one attached hydrogen (secondary N) is 1. The van der Waals surface area contributed by atoms with Crippen LogP contribution in [-0.2, 0) is 17.7 Å². The van der Waals surface area contributed by atoms with E-state index in [4.69, 9.17) is 14.5 Å². The number of anilines is 1. The second-order valence-corrected chi connectivity index (χ2v) is 7.19. The van der Waals surface area contributed by atoms with Crippen molar-refractivity contribution in [2.24, 2.45) is 0 Å². The van der Waals surface area contributed by atoms with Crippen LogP contribution in [-0.4, -0.2) is 71.3 Å². The normalized spacial score (nSPS) is 15.2. The van der Waals surface area contributed by atoms with Crippen molar-refractivity contribution in [3.63, 3.8) is 0 Å². The molecule has 0 bridgehead atoms. The number of fused-ring (bicyclic) bond motifs is 1. The second kappa shape index (κ2) is 9.19. The number of hydrogen-bond acceptors (Lipinski definition) is 7. The number of rotatable bonds is 8. The van der Waals surface area contributed by atoms with Crippen molar-refractivity contribution in [2.75, 3.05) is 51.4 Å². The molecule has 1 aliphatic rings. The molecule has 1 aliphatic heterocycles. The standard InChI is InChI=1S/C21H28N6O2/c1-3-16-13-22-15-23-21(16)27-8-6-26(7-9-27)14-20-24-18-5-4-17(12-19(18)25-20)29-11-10-28-2/h4-5,12-13,15H,3,6-11,14H2,1-2H3,(H,24,25). The summed E-state index contributed by atoms with van der Waals surface area (Å²) < 4.78 is 10.7. The van der Waals surface area contributed by atoms with Crippen molar-refractivity contribution >= 4 is 16.9 Å². The maximum atomic E-state index is 5.69. The van der Waals surface area contributed by atoms with Gasteiger partial charge in [0.25, 0.3) is 0 Å². The highest BCUT2D eigenvalue weighted by molar-refractivity contribution is 5.76. The first-order chi connectivity index (χ1) is 14.3. The highest BCUT2D eigenvalue weighted by atomic mass is 16.5. The number of methoxy groups -OCH3 is 1. The minimum absolute atomic E-state index is 0.541. The molecular weight excluding hydrogens is 368 g/mol. The predicted molar refractivity (Wildman–Crippen MR) is 112 cm³/mol. The number of ether oxygens (including phenoxy) is 2. The molecule has 154 valence electrons. The van der Waals surface area contributed by atoms with Gasteiger partial charge in [-0.15, -0.1) is 0 Å². The Hall–Kier alpha value is -2.71. The topological polar surface area (TPSA) is 79.4 Å². The first kappa shape index (κ1) is 19.6. The molecule has 3 heterocycles. The van der Waals surface area contributed by atoms with Crippen LogP contribution in [0.15, 0.2) is 30.7 Å². The van der Waals surface area contributed by atoms with Crippen molar-refractivity contribution in [2.45, 2.75) is 19.9 Å². The molecule has 1 aromatic carbocycles. The molecule has 0 unspecified atom stereocenters. The zero-order valence-electron chi connectivity index (χ0n) is 17.1. The van der Waals surface area contributed by atoms with Gasteiger partial charge in [-0.05, 0) is 18.6 Å². The number of aromatic nitrogens is 4. The van der Waals surface area contributed by atoms with Crippen molar-refractivity contribution in [3.8, 4) is 5.75 Å². The van der Waals surface area contributed by atoms with Gasteiger partial charge in [-0.2, -0.15) is 0 Å². The van der Waals surface area contributed by atoms with E-state index in [0.717, 1.165) is 67.6 Å². The molecule has 8 heteroatoms. The average Bonchev–Trinajstić information content (AvgIpc) is 3.16. The average molecular weight is 396 g/mol. The van der Waals surface area contributed by atoms with Gasteiger partial charge >= 0.3 is 0 Å². The van der Waals surface area contributed by atoms with Crippen molar-refractivity contribution in [1.82, 2.24) is 24.8 Å². The quantitative estimate of drug-likeness (QED) is 0.585. The van der Waals surface area contributed by atoms with Gasteiger partial charge in [0.1, 0.15) is 30.3 Å². The third kappa shape index (κ3) is 4.65. The number of aryl methyl sites for hydroxylation is 1. The maximum Gasteiger partial charge on any atom is 0.135 e. The van der Waals surface area contributed by atoms with Crippen LogP contribution < -0.4 is 9.64 Å². The number of aromatic amines is 1. The van der Waals surface area contributed by atoms with Crippen LogP contribution in [0.1, 0.15) is 18.3 Å². The van der Waals surface area contributed by atoms with Crippen LogP contribution in [0.3, 0.4) is 0 Å². The SMILES string of the molecule is CCc1cncnc1N1CCN(Cc2nc3ccc(OCCOC)cc3[nH]2)CC1. The molecule has 8 nitrogen and oxygen atoms in total. The number of piperazine rings is 1. The molecule has 2 aromatic heterocycles. The highest BCUT2D eigenvalue weighted by Gasteiger charge is 2.20. The molecule has 0 amide bonds. The van der Waals surface area contributed by atoms with Gasteiger partial charge in [0.15, 0.2) is 0 Å². The Morgan fingerprint density at radius 1 is 1.14 bits per heavy atom. The Morgan fingerprint density at radius 2 is 2.00 bits per heavy atom. The van der Waals surface area contributed by atoms with E-state index in [0.29, 0.717) is 13.2 Å². The Labute approximate surface area is 170 Å². The zero-order chi connectivity index (χ0) is 20.1. The maximum absolute atomic E-state index is 5.69. The largest absolute Gasteiger partial charge is 0.491 e. The van der Waals surface area contributed by atoms with Gasteiger partial charge in [-0.25, -0.2) is 15.0 Å². The predicted octanol–water partition coefficient (Wildman–Crippen LogP) is 2.26. The molecule has 3 aromatic rings. The number of hydrogen-bond donors (Lipinski definition) is 1. The first-order valence-electron chi connectivity index (χ1n) is 10.1. The number of imidazole rings is 1. The van der Waals surface area contributed by atoms with E-state index in [1.807, 2.05) is 24.4 Å². The lowest BCUT2D eigenvalue weighted by molar-refractivity contribution is 0.146. The summed E-state index contributed by atoms with van der Waals surface area (Å²) in [5.41, 5.74) is 3.18. The Morgan fingerprint density at radius 3 is 2.79 bits per heavy atom. The van der Waals surface area contributed by atoms with E-state index in [1.54, 1.807) is 13.4 Å². The van der Waals surface area contributed by atoms with Crippen LogP contribution in [0.5, 0.6) is 5.75 Å². The molecule has 0 spiro atoms. The smallest absolute Gasteiger partial charge is 0.135 e. The van der Waals surface area contributed by atoms with Gasteiger partial charge in [-0.3, -0.25) is 4.90 Å². The van der Waals surface area contributed by atoms with E-state index in [9.17, 15) is 0 Å². The summed E-state index contributed by atoms with van der Waals surface area (Å²) in [6.07, 6.45) is 4.52. The minimum atomic E-state index is 0.541. The van der Waals surface area contributed by atoms with Gasteiger partial charge in [0.2, 0.25) is 0 Å². The molecule has 4 rings (SSSR count). The molecule has 1 fully saturated rings. The lowest BCUT2D eigenvalue weighted by Gasteiger charge is -2.35. The van der Waals surface area contributed by atoms with Gasteiger partial charge < -0.3 is 19.4 Å². The van der Waals surface area contributed by atoms with Crippen molar-refractivity contribution < 1.29 is 9.47 Å². The van der Waals surface area contributed by atoms with Crippen LogP contribution in [0.2, 0.25) is 0 Å². The molecule has 29 heavy (non-hydrogen) atoms. The van der Waals surface area contributed by atoms with E-state index in [1.165, 1.54) is 5.56 Å². The summed E-state index contributed by atoms with van der Waals surface area (Å²) in [5.74, 6) is 2.89. The van der Waals surface area contributed by atoms with E-state index in [2.05, 4.69) is 31.7 Å². The Kier molecular flexibility index (Phi) is 6.21. The molecule has 0 radical (unpaired) electrons. The minimum Gasteiger partial charge on any atom is -0.491 e. The first-order valence-corrected chi connectivity index (χ1v) is 10.1.